The quantitative estimate of drug-likeness (QED) is 0.598. The van der Waals surface area contributed by atoms with Crippen molar-refractivity contribution in [1.29, 1.82) is 0 Å². The number of rotatable bonds is 7. The second kappa shape index (κ2) is 9.92. The molecule has 162 valence electrons. The molecule has 1 aliphatic heterocycles. The van der Waals surface area contributed by atoms with Crippen LogP contribution in [0, 0.1) is 0 Å². The first-order valence-electron chi connectivity index (χ1n) is 10.6. The highest BCUT2D eigenvalue weighted by Crippen LogP contribution is 2.32. The number of aromatic nitrogens is 2. The van der Waals surface area contributed by atoms with Crippen molar-refractivity contribution in [3.8, 4) is 16.9 Å². The molecular formula is C24H28N4O2S. The van der Waals surface area contributed by atoms with Gasteiger partial charge in [-0.3, -0.25) is 9.48 Å². The minimum atomic E-state index is -0.0783. The minimum absolute atomic E-state index is 0.0783. The van der Waals surface area contributed by atoms with E-state index in [9.17, 15) is 4.79 Å². The van der Waals surface area contributed by atoms with Gasteiger partial charge in [-0.05, 0) is 35.7 Å². The third-order valence-corrected chi connectivity index (χ3v) is 6.37. The standard InChI is InChI=1S/C24H28N4O2S/c1-3-18-6-4-5-7-22(18)25-23(29)17-28-16-21(19-8-10-20(30-2)11-9-19)24(26-28)27-12-14-31-15-13-27/h4-11,16H,3,12-15,17H2,1-2H3,(H,25,29). The molecule has 1 amide bonds. The van der Waals surface area contributed by atoms with Crippen LogP contribution in [0.2, 0.25) is 0 Å². The van der Waals surface area contributed by atoms with Crippen molar-refractivity contribution >= 4 is 29.2 Å². The van der Waals surface area contributed by atoms with E-state index in [0.29, 0.717) is 0 Å². The monoisotopic (exact) mass is 436 g/mol. The second-order valence-electron chi connectivity index (χ2n) is 7.45. The van der Waals surface area contributed by atoms with Crippen molar-refractivity contribution in [3.63, 3.8) is 0 Å². The van der Waals surface area contributed by atoms with Crippen LogP contribution in [0.25, 0.3) is 11.1 Å². The number of nitrogens with zero attached hydrogens (tertiary/aromatic N) is 3. The van der Waals surface area contributed by atoms with Crippen molar-refractivity contribution in [2.45, 2.75) is 19.9 Å². The summed E-state index contributed by atoms with van der Waals surface area (Å²) in [6.45, 7) is 4.18. The molecular weight excluding hydrogens is 408 g/mol. The van der Waals surface area contributed by atoms with E-state index >= 15 is 0 Å². The van der Waals surface area contributed by atoms with E-state index in [4.69, 9.17) is 9.84 Å². The summed E-state index contributed by atoms with van der Waals surface area (Å²) in [7, 11) is 1.67. The van der Waals surface area contributed by atoms with Gasteiger partial charge in [0.1, 0.15) is 12.3 Å². The van der Waals surface area contributed by atoms with E-state index in [1.807, 2.05) is 66.5 Å². The topological polar surface area (TPSA) is 59.4 Å². The van der Waals surface area contributed by atoms with Crippen LogP contribution < -0.4 is 15.0 Å². The van der Waals surface area contributed by atoms with E-state index in [1.54, 1.807) is 11.8 Å². The molecule has 0 unspecified atom stereocenters. The fourth-order valence-electron chi connectivity index (χ4n) is 3.76. The number of benzene rings is 2. The van der Waals surface area contributed by atoms with Crippen molar-refractivity contribution in [1.82, 2.24) is 9.78 Å². The molecule has 7 heteroatoms. The van der Waals surface area contributed by atoms with Gasteiger partial charge in [0, 0.05) is 42.0 Å². The van der Waals surface area contributed by atoms with Gasteiger partial charge < -0.3 is 15.0 Å². The van der Waals surface area contributed by atoms with Gasteiger partial charge in [-0.15, -0.1) is 0 Å². The highest BCUT2D eigenvalue weighted by atomic mass is 32.2. The average Bonchev–Trinajstić information content (AvgIpc) is 3.23. The Hall–Kier alpha value is -2.93. The zero-order chi connectivity index (χ0) is 21.6. The summed E-state index contributed by atoms with van der Waals surface area (Å²) in [6, 6.07) is 15.9. The Morgan fingerprint density at radius 3 is 2.58 bits per heavy atom. The van der Waals surface area contributed by atoms with E-state index in [-0.39, 0.29) is 12.5 Å². The molecule has 1 N–H and O–H groups in total. The van der Waals surface area contributed by atoms with Crippen LogP contribution in [0.4, 0.5) is 11.5 Å². The van der Waals surface area contributed by atoms with E-state index < -0.39 is 0 Å². The Morgan fingerprint density at radius 2 is 1.87 bits per heavy atom. The first-order chi connectivity index (χ1) is 15.2. The normalized spacial score (nSPS) is 13.8. The van der Waals surface area contributed by atoms with Gasteiger partial charge in [-0.25, -0.2) is 0 Å². The van der Waals surface area contributed by atoms with Gasteiger partial charge in [0.2, 0.25) is 5.91 Å². The maximum absolute atomic E-state index is 12.8. The molecule has 0 atom stereocenters. The molecule has 1 aliphatic rings. The number of nitrogens with one attached hydrogen (secondary N) is 1. The predicted molar refractivity (Wildman–Crippen MR) is 128 cm³/mol. The van der Waals surface area contributed by atoms with Crippen LogP contribution in [-0.2, 0) is 17.8 Å². The van der Waals surface area contributed by atoms with Gasteiger partial charge >= 0.3 is 0 Å². The fourth-order valence-corrected chi connectivity index (χ4v) is 4.67. The molecule has 1 saturated heterocycles. The number of anilines is 2. The molecule has 6 nitrogen and oxygen atoms in total. The van der Waals surface area contributed by atoms with E-state index in [0.717, 1.165) is 65.0 Å². The molecule has 2 heterocycles. The van der Waals surface area contributed by atoms with Crippen LogP contribution in [0.3, 0.4) is 0 Å². The highest BCUT2D eigenvalue weighted by Gasteiger charge is 2.21. The Kier molecular flexibility index (Phi) is 6.82. The number of methoxy groups -OCH3 is 1. The van der Waals surface area contributed by atoms with Crippen molar-refractivity contribution in [2.75, 3.05) is 41.9 Å². The Morgan fingerprint density at radius 1 is 1.13 bits per heavy atom. The van der Waals surface area contributed by atoms with E-state index in [1.165, 1.54) is 0 Å². The van der Waals surface area contributed by atoms with Gasteiger partial charge in [0.05, 0.1) is 7.11 Å². The summed E-state index contributed by atoms with van der Waals surface area (Å²) in [5, 5.41) is 7.86. The molecule has 0 aliphatic carbocycles. The third kappa shape index (κ3) is 5.05. The van der Waals surface area contributed by atoms with E-state index in [2.05, 4.69) is 17.1 Å². The molecule has 0 saturated carbocycles. The largest absolute Gasteiger partial charge is 0.497 e. The number of aryl methyl sites for hydroxylation is 1. The highest BCUT2D eigenvalue weighted by molar-refractivity contribution is 7.99. The smallest absolute Gasteiger partial charge is 0.246 e. The molecule has 1 fully saturated rings. The van der Waals surface area contributed by atoms with Gasteiger partial charge in [-0.2, -0.15) is 16.9 Å². The molecule has 2 aromatic carbocycles. The Labute approximate surface area is 187 Å². The number of para-hydroxylation sites is 1. The lowest BCUT2D eigenvalue weighted by Crippen LogP contribution is -2.33. The molecule has 0 bridgehead atoms. The zero-order valence-corrected chi connectivity index (χ0v) is 18.8. The maximum atomic E-state index is 12.8. The summed E-state index contributed by atoms with van der Waals surface area (Å²) in [6.07, 6.45) is 2.85. The SMILES string of the molecule is CCc1ccccc1NC(=O)Cn1cc(-c2ccc(OC)cc2)c(N2CCSCC2)n1. The summed E-state index contributed by atoms with van der Waals surface area (Å²) < 4.78 is 7.05. The average molecular weight is 437 g/mol. The second-order valence-corrected chi connectivity index (χ2v) is 8.68. The Bertz CT molecular complexity index is 1030. The first kappa shape index (κ1) is 21.3. The van der Waals surface area contributed by atoms with Gasteiger partial charge in [0.25, 0.3) is 0 Å². The third-order valence-electron chi connectivity index (χ3n) is 5.43. The summed E-state index contributed by atoms with van der Waals surface area (Å²) in [4.78, 5) is 15.1. The number of hydrogen-bond acceptors (Lipinski definition) is 5. The lowest BCUT2D eigenvalue weighted by molar-refractivity contribution is -0.116. The number of amides is 1. The maximum Gasteiger partial charge on any atom is 0.246 e. The van der Waals surface area contributed by atoms with Crippen molar-refractivity contribution < 1.29 is 9.53 Å². The van der Waals surface area contributed by atoms with Crippen LogP contribution in [-0.4, -0.2) is 47.4 Å². The molecule has 0 radical (unpaired) electrons. The van der Waals surface area contributed by atoms with Gasteiger partial charge in [0.15, 0.2) is 5.82 Å². The van der Waals surface area contributed by atoms with Crippen LogP contribution in [0.15, 0.2) is 54.7 Å². The predicted octanol–water partition coefficient (Wildman–Crippen LogP) is 4.31. The summed E-state index contributed by atoms with van der Waals surface area (Å²) in [5.74, 6) is 3.85. The van der Waals surface area contributed by atoms with Crippen LogP contribution in [0.1, 0.15) is 12.5 Å². The number of carbonyl (C=O) groups excluding carboxylic acids is 1. The molecule has 3 aromatic rings. The number of hydrogen-bond donors (Lipinski definition) is 1. The van der Waals surface area contributed by atoms with Crippen LogP contribution in [0.5, 0.6) is 5.75 Å². The first-order valence-corrected chi connectivity index (χ1v) is 11.8. The van der Waals surface area contributed by atoms with Crippen molar-refractivity contribution in [3.05, 3.63) is 60.3 Å². The minimum Gasteiger partial charge on any atom is -0.497 e. The lowest BCUT2D eigenvalue weighted by atomic mass is 10.1. The lowest BCUT2D eigenvalue weighted by Gasteiger charge is -2.27. The Balaban J connectivity index is 1.58. The fraction of sp³-hybridized carbons (Fsp3) is 0.333. The summed E-state index contributed by atoms with van der Waals surface area (Å²) in [5.41, 5.74) is 4.10. The summed E-state index contributed by atoms with van der Waals surface area (Å²) >= 11 is 1.97. The number of carbonyl (C=O) groups is 1. The van der Waals surface area contributed by atoms with Crippen LogP contribution >= 0.6 is 11.8 Å². The molecule has 0 spiro atoms. The molecule has 4 rings (SSSR count). The molecule has 31 heavy (non-hydrogen) atoms. The van der Waals surface area contributed by atoms with Gasteiger partial charge in [-0.1, -0.05) is 37.3 Å². The number of thioether (sulfide) groups is 1. The zero-order valence-electron chi connectivity index (χ0n) is 18.0. The van der Waals surface area contributed by atoms with Crippen molar-refractivity contribution in [2.24, 2.45) is 0 Å². The number of ether oxygens (including phenoxy) is 1. The molecule has 1 aromatic heterocycles.